The summed E-state index contributed by atoms with van der Waals surface area (Å²) >= 11 is 0. The number of nitrogens with zero attached hydrogens (tertiary/aromatic N) is 1. The molecule has 0 bridgehead atoms. The number of aromatic nitrogens is 1. The van der Waals surface area contributed by atoms with E-state index in [1.165, 1.54) is 7.11 Å². The molecule has 1 N–H and O–H groups in total. The smallest absolute Gasteiger partial charge is 0.328 e. The first-order chi connectivity index (χ1) is 11.6. The molecular weight excluding hydrogens is 304 g/mol. The first kappa shape index (κ1) is 17.7. The third kappa shape index (κ3) is 4.19. The predicted octanol–water partition coefficient (Wildman–Crippen LogP) is 3.07. The second-order valence-corrected chi connectivity index (χ2v) is 5.66. The maximum absolute atomic E-state index is 12.5. The lowest BCUT2D eigenvalue weighted by molar-refractivity contribution is -0.144. The fourth-order valence-electron chi connectivity index (χ4n) is 2.38. The predicted molar refractivity (Wildman–Crippen MR) is 92.4 cm³/mol. The SMILES string of the molecule is CC[C@H](C)[C@@H](NC(=O)c1cc(-c2ccccc2)ccn1)C(=O)OC. The molecule has 5 heteroatoms. The zero-order valence-electron chi connectivity index (χ0n) is 14.2. The number of rotatable bonds is 6. The number of hydrogen-bond donors (Lipinski definition) is 1. The Hall–Kier alpha value is -2.69. The molecule has 2 aromatic rings. The van der Waals surface area contributed by atoms with E-state index in [2.05, 4.69) is 10.3 Å². The van der Waals surface area contributed by atoms with Gasteiger partial charge in [0.25, 0.3) is 5.91 Å². The Kier molecular flexibility index (Phi) is 6.07. The van der Waals surface area contributed by atoms with E-state index in [1.807, 2.05) is 50.2 Å². The Morgan fingerprint density at radius 2 is 1.88 bits per heavy atom. The van der Waals surface area contributed by atoms with Crippen LogP contribution in [0.2, 0.25) is 0 Å². The van der Waals surface area contributed by atoms with Crippen molar-refractivity contribution < 1.29 is 14.3 Å². The molecule has 0 aliphatic rings. The van der Waals surface area contributed by atoms with Crippen molar-refractivity contribution in [2.75, 3.05) is 7.11 Å². The summed E-state index contributed by atoms with van der Waals surface area (Å²) in [5, 5.41) is 2.74. The van der Waals surface area contributed by atoms with E-state index >= 15 is 0 Å². The van der Waals surface area contributed by atoms with Gasteiger partial charge < -0.3 is 10.1 Å². The summed E-state index contributed by atoms with van der Waals surface area (Å²) in [6, 6.07) is 12.6. The van der Waals surface area contributed by atoms with Gasteiger partial charge in [0.15, 0.2) is 0 Å². The van der Waals surface area contributed by atoms with Crippen molar-refractivity contribution in [2.45, 2.75) is 26.3 Å². The molecule has 5 nitrogen and oxygen atoms in total. The highest BCUT2D eigenvalue weighted by Gasteiger charge is 2.27. The highest BCUT2D eigenvalue weighted by Crippen LogP contribution is 2.19. The second kappa shape index (κ2) is 8.24. The van der Waals surface area contributed by atoms with Crippen LogP contribution in [0.25, 0.3) is 11.1 Å². The third-order valence-electron chi connectivity index (χ3n) is 4.05. The maximum Gasteiger partial charge on any atom is 0.328 e. The molecule has 1 aromatic carbocycles. The highest BCUT2D eigenvalue weighted by molar-refractivity contribution is 5.96. The van der Waals surface area contributed by atoms with Gasteiger partial charge in [-0.2, -0.15) is 0 Å². The van der Waals surface area contributed by atoms with Crippen molar-refractivity contribution in [2.24, 2.45) is 5.92 Å². The summed E-state index contributed by atoms with van der Waals surface area (Å²) in [5.41, 5.74) is 2.17. The number of hydrogen-bond acceptors (Lipinski definition) is 4. The second-order valence-electron chi connectivity index (χ2n) is 5.66. The van der Waals surface area contributed by atoms with E-state index < -0.39 is 12.0 Å². The number of carbonyl (C=O) groups excluding carboxylic acids is 2. The molecule has 2 rings (SSSR count). The van der Waals surface area contributed by atoms with Gasteiger partial charge >= 0.3 is 5.97 Å². The van der Waals surface area contributed by atoms with Crippen molar-refractivity contribution in [1.82, 2.24) is 10.3 Å². The van der Waals surface area contributed by atoms with Crippen molar-refractivity contribution in [3.05, 3.63) is 54.4 Å². The Morgan fingerprint density at radius 3 is 2.50 bits per heavy atom. The molecule has 0 aliphatic carbocycles. The molecule has 0 saturated heterocycles. The molecule has 2 atom stereocenters. The van der Waals surface area contributed by atoms with Gasteiger partial charge in [-0.15, -0.1) is 0 Å². The van der Waals surface area contributed by atoms with Crippen LogP contribution in [0.1, 0.15) is 30.8 Å². The minimum absolute atomic E-state index is 0.0290. The van der Waals surface area contributed by atoms with E-state index in [9.17, 15) is 9.59 Å². The minimum Gasteiger partial charge on any atom is -0.467 e. The van der Waals surface area contributed by atoms with E-state index in [0.29, 0.717) is 0 Å². The van der Waals surface area contributed by atoms with Gasteiger partial charge in [0, 0.05) is 6.20 Å². The Labute approximate surface area is 142 Å². The molecule has 0 aliphatic heterocycles. The monoisotopic (exact) mass is 326 g/mol. The molecule has 0 fully saturated rings. The van der Waals surface area contributed by atoms with Crippen molar-refractivity contribution in [1.29, 1.82) is 0 Å². The van der Waals surface area contributed by atoms with E-state index in [-0.39, 0.29) is 17.5 Å². The standard InChI is InChI=1S/C19H22N2O3/c1-4-13(2)17(19(23)24-3)21-18(22)16-12-15(10-11-20-16)14-8-6-5-7-9-14/h5-13,17H,4H2,1-3H3,(H,21,22)/t13-,17+/m0/s1. The van der Waals surface area contributed by atoms with Crippen LogP contribution in [0.4, 0.5) is 0 Å². The Balaban J connectivity index is 2.21. The number of nitrogens with one attached hydrogen (secondary N) is 1. The number of carbonyl (C=O) groups is 2. The van der Waals surface area contributed by atoms with Gasteiger partial charge in [-0.05, 0) is 29.2 Å². The van der Waals surface area contributed by atoms with Crippen LogP contribution in [0.5, 0.6) is 0 Å². The average Bonchev–Trinajstić information content (AvgIpc) is 2.65. The van der Waals surface area contributed by atoms with Gasteiger partial charge in [0.1, 0.15) is 11.7 Å². The number of pyridine rings is 1. The van der Waals surface area contributed by atoms with Crippen LogP contribution >= 0.6 is 0 Å². The van der Waals surface area contributed by atoms with Crippen molar-refractivity contribution in [3.63, 3.8) is 0 Å². The van der Waals surface area contributed by atoms with Gasteiger partial charge in [-0.25, -0.2) is 4.79 Å². The molecule has 126 valence electrons. The summed E-state index contributed by atoms with van der Waals surface area (Å²) in [4.78, 5) is 28.5. The Morgan fingerprint density at radius 1 is 1.17 bits per heavy atom. The van der Waals surface area contributed by atoms with E-state index in [0.717, 1.165) is 17.5 Å². The molecular formula is C19H22N2O3. The molecule has 24 heavy (non-hydrogen) atoms. The largest absolute Gasteiger partial charge is 0.467 e. The third-order valence-corrected chi connectivity index (χ3v) is 4.05. The number of esters is 1. The number of methoxy groups -OCH3 is 1. The van der Waals surface area contributed by atoms with E-state index in [4.69, 9.17) is 4.74 Å². The normalized spacial score (nSPS) is 13.0. The first-order valence-corrected chi connectivity index (χ1v) is 7.97. The van der Waals surface area contributed by atoms with Crippen LogP contribution in [-0.2, 0) is 9.53 Å². The molecule has 1 amide bonds. The lowest BCUT2D eigenvalue weighted by Gasteiger charge is -2.21. The van der Waals surface area contributed by atoms with Crippen molar-refractivity contribution in [3.8, 4) is 11.1 Å². The van der Waals surface area contributed by atoms with Crippen molar-refractivity contribution >= 4 is 11.9 Å². The fourth-order valence-corrected chi connectivity index (χ4v) is 2.38. The molecule has 1 heterocycles. The molecule has 0 saturated carbocycles. The number of benzene rings is 1. The fraction of sp³-hybridized carbons (Fsp3) is 0.316. The van der Waals surface area contributed by atoms with Gasteiger partial charge in [0.05, 0.1) is 7.11 Å². The zero-order chi connectivity index (χ0) is 17.5. The Bertz CT molecular complexity index is 701. The van der Waals surface area contributed by atoms with Crippen LogP contribution < -0.4 is 5.32 Å². The van der Waals surface area contributed by atoms with Crippen LogP contribution in [0.3, 0.4) is 0 Å². The summed E-state index contributed by atoms with van der Waals surface area (Å²) in [6.07, 6.45) is 2.34. The minimum atomic E-state index is -0.685. The van der Waals surface area contributed by atoms with Crippen LogP contribution in [0.15, 0.2) is 48.7 Å². The maximum atomic E-state index is 12.5. The van der Waals surface area contributed by atoms with Crippen LogP contribution in [-0.4, -0.2) is 30.0 Å². The summed E-state index contributed by atoms with van der Waals surface area (Å²) in [6.45, 7) is 3.86. The lowest BCUT2D eigenvalue weighted by atomic mass is 9.99. The van der Waals surface area contributed by atoms with Gasteiger partial charge in [0.2, 0.25) is 0 Å². The summed E-state index contributed by atoms with van der Waals surface area (Å²) < 4.78 is 4.79. The first-order valence-electron chi connectivity index (χ1n) is 7.97. The lowest BCUT2D eigenvalue weighted by Crippen LogP contribution is -2.45. The average molecular weight is 326 g/mol. The molecule has 1 aromatic heterocycles. The summed E-state index contributed by atoms with van der Waals surface area (Å²) in [7, 11) is 1.32. The van der Waals surface area contributed by atoms with Gasteiger partial charge in [-0.1, -0.05) is 50.6 Å². The molecule has 0 unspecified atom stereocenters. The highest BCUT2D eigenvalue weighted by atomic mass is 16.5. The number of ether oxygens (including phenoxy) is 1. The topological polar surface area (TPSA) is 68.3 Å². The number of amides is 1. The molecule has 0 spiro atoms. The molecule has 0 radical (unpaired) electrons. The van der Waals surface area contributed by atoms with E-state index in [1.54, 1.807) is 12.3 Å². The quantitative estimate of drug-likeness (QED) is 0.828. The van der Waals surface area contributed by atoms with Crippen LogP contribution in [0, 0.1) is 5.92 Å². The van der Waals surface area contributed by atoms with Gasteiger partial charge in [-0.3, -0.25) is 9.78 Å². The zero-order valence-corrected chi connectivity index (χ0v) is 14.2. The summed E-state index contributed by atoms with van der Waals surface area (Å²) in [5.74, 6) is -0.862.